The zero-order valence-corrected chi connectivity index (χ0v) is 15.8. The van der Waals surface area contributed by atoms with Gasteiger partial charge in [-0.15, -0.1) is 0 Å². The van der Waals surface area contributed by atoms with Crippen LogP contribution in [-0.2, 0) is 7.05 Å². The molecule has 2 aromatic heterocycles. The molecule has 1 aliphatic rings. The average molecular weight is 365 g/mol. The number of nitrogens with zero attached hydrogens (tertiary/aromatic N) is 6. The van der Waals surface area contributed by atoms with Crippen molar-refractivity contribution in [1.29, 1.82) is 0 Å². The molecule has 2 amide bonds. The Kier molecular flexibility index (Phi) is 4.49. The highest BCUT2D eigenvalue weighted by molar-refractivity contribution is 5.90. The van der Waals surface area contributed by atoms with Crippen molar-refractivity contribution in [3.8, 4) is 11.1 Å². The number of urea groups is 1. The highest BCUT2D eigenvalue weighted by atomic mass is 16.2. The lowest BCUT2D eigenvalue weighted by molar-refractivity contribution is 0.125. The van der Waals surface area contributed by atoms with E-state index < -0.39 is 0 Å². The van der Waals surface area contributed by atoms with E-state index in [2.05, 4.69) is 39.3 Å². The van der Waals surface area contributed by atoms with Crippen LogP contribution < -0.4 is 5.32 Å². The smallest absolute Gasteiger partial charge is 0.319 e. The second kappa shape index (κ2) is 6.96. The molecule has 1 unspecified atom stereocenters. The Morgan fingerprint density at radius 3 is 2.78 bits per heavy atom. The third-order valence-corrected chi connectivity index (χ3v) is 4.93. The topological polar surface area (TPSA) is 79.2 Å². The first-order valence-corrected chi connectivity index (χ1v) is 9.01. The van der Waals surface area contributed by atoms with Crippen LogP contribution in [0.15, 0.2) is 36.8 Å². The minimum absolute atomic E-state index is 0.154. The van der Waals surface area contributed by atoms with Crippen LogP contribution in [0.4, 0.5) is 10.7 Å². The van der Waals surface area contributed by atoms with E-state index in [-0.39, 0.29) is 12.1 Å². The van der Waals surface area contributed by atoms with Gasteiger partial charge >= 0.3 is 6.03 Å². The van der Waals surface area contributed by atoms with Crippen LogP contribution in [0.3, 0.4) is 0 Å². The molecule has 3 aromatic rings. The van der Waals surface area contributed by atoms with Gasteiger partial charge in [0.05, 0.1) is 11.7 Å². The lowest BCUT2D eigenvalue weighted by Gasteiger charge is -2.37. The van der Waals surface area contributed by atoms with Crippen molar-refractivity contribution in [3.63, 3.8) is 0 Å². The van der Waals surface area contributed by atoms with Crippen molar-refractivity contribution < 1.29 is 4.79 Å². The van der Waals surface area contributed by atoms with Gasteiger partial charge in [-0.2, -0.15) is 5.10 Å². The lowest BCUT2D eigenvalue weighted by Crippen LogP contribution is -2.54. The first-order chi connectivity index (χ1) is 13.0. The number of aryl methyl sites for hydroxylation is 1. The molecule has 0 bridgehead atoms. The van der Waals surface area contributed by atoms with Crippen LogP contribution in [0.2, 0.25) is 0 Å². The molecule has 1 N–H and O–H groups in total. The number of carbonyl (C=O) groups is 1. The van der Waals surface area contributed by atoms with Gasteiger partial charge in [0.1, 0.15) is 0 Å². The van der Waals surface area contributed by atoms with E-state index in [1.807, 2.05) is 42.5 Å². The molecule has 8 heteroatoms. The fourth-order valence-corrected chi connectivity index (χ4v) is 3.44. The molecular formula is C19H23N7O. The van der Waals surface area contributed by atoms with E-state index in [1.54, 1.807) is 10.9 Å². The number of carbonyl (C=O) groups excluding carboxylic acids is 1. The number of likely N-dealkylation sites (N-methyl/N-ethyl adjacent to an activating group) is 1. The van der Waals surface area contributed by atoms with Crippen LogP contribution in [0, 0.1) is 0 Å². The number of piperazine rings is 1. The maximum atomic E-state index is 12.6. The number of nitrogens with one attached hydrogen (secondary N) is 1. The summed E-state index contributed by atoms with van der Waals surface area (Å²) in [5.41, 5.74) is 2.84. The maximum absolute atomic E-state index is 12.6. The van der Waals surface area contributed by atoms with Gasteiger partial charge in [0.25, 0.3) is 0 Å². The van der Waals surface area contributed by atoms with Gasteiger partial charge in [-0.1, -0.05) is 12.1 Å². The Morgan fingerprint density at radius 2 is 2.04 bits per heavy atom. The van der Waals surface area contributed by atoms with Crippen molar-refractivity contribution in [2.75, 3.05) is 32.0 Å². The van der Waals surface area contributed by atoms with Gasteiger partial charge in [0.15, 0.2) is 0 Å². The van der Waals surface area contributed by atoms with Crippen molar-refractivity contribution in [2.24, 2.45) is 7.05 Å². The summed E-state index contributed by atoms with van der Waals surface area (Å²) in [5, 5.41) is 7.98. The third-order valence-electron chi connectivity index (χ3n) is 4.93. The van der Waals surface area contributed by atoms with Crippen LogP contribution in [0.5, 0.6) is 0 Å². The van der Waals surface area contributed by atoms with E-state index in [4.69, 9.17) is 0 Å². The monoisotopic (exact) mass is 365 g/mol. The molecule has 1 atom stereocenters. The Labute approximate surface area is 157 Å². The number of rotatable bonds is 2. The number of hydrogen-bond acceptors (Lipinski definition) is 5. The zero-order chi connectivity index (χ0) is 19.0. The standard InChI is InChI=1S/C19H23N7O/c1-13-11-24(2)6-7-26(13)19(27)23-18-20-9-15-5-4-14(8-17(15)22-18)16-10-21-25(3)12-16/h4-5,8-10,12-13H,6-7,11H2,1-3H3,(H,20,22,23,27). The molecule has 8 nitrogen and oxygen atoms in total. The number of amides is 2. The summed E-state index contributed by atoms with van der Waals surface area (Å²) in [6.07, 6.45) is 5.51. The molecule has 27 heavy (non-hydrogen) atoms. The van der Waals surface area contributed by atoms with E-state index >= 15 is 0 Å². The summed E-state index contributed by atoms with van der Waals surface area (Å²) in [6.45, 7) is 4.48. The molecule has 1 fully saturated rings. The Balaban J connectivity index is 1.56. The number of aromatic nitrogens is 4. The van der Waals surface area contributed by atoms with Gasteiger partial charge < -0.3 is 9.80 Å². The molecule has 1 aromatic carbocycles. The van der Waals surface area contributed by atoms with Crippen LogP contribution in [-0.4, -0.2) is 68.3 Å². The van der Waals surface area contributed by atoms with E-state index in [0.29, 0.717) is 12.5 Å². The Bertz CT molecular complexity index is 983. The molecule has 1 aliphatic heterocycles. The fraction of sp³-hybridized carbons (Fsp3) is 0.368. The maximum Gasteiger partial charge on any atom is 0.324 e. The number of anilines is 1. The molecular weight excluding hydrogens is 342 g/mol. The summed E-state index contributed by atoms with van der Waals surface area (Å²) in [4.78, 5) is 25.5. The van der Waals surface area contributed by atoms with Gasteiger partial charge in [-0.3, -0.25) is 10.00 Å². The summed E-state index contributed by atoms with van der Waals surface area (Å²) in [7, 11) is 3.96. The molecule has 0 radical (unpaired) electrons. The van der Waals surface area contributed by atoms with Gasteiger partial charge in [0, 0.05) is 56.1 Å². The second-order valence-electron chi connectivity index (χ2n) is 7.10. The summed E-state index contributed by atoms with van der Waals surface area (Å²) < 4.78 is 1.77. The molecule has 0 spiro atoms. The second-order valence-corrected chi connectivity index (χ2v) is 7.10. The van der Waals surface area contributed by atoms with Gasteiger partial charge in [-0.05, 0) is 25.6 Å². The molecule has 3 heterocycles. The minimum atomic E-state index is -0.154. The largest absolute Gasteiger partial charge is 0.324 e. The Morgan fingerprint density at radius 1 is 1.19 bits per heavy atom. The predicted molar refractivity (Wildman–Crippen MR) is 104 cm³/mol. The van der Waals surface area contributed by atoms with E-state index in [9.17, 15) is 4.79 Å². The van der Waals surface area contributed by atoms with Crippen LogP contribution >= 0.6 is 0 Å². The fourth-order valence-electron chi connectivity index (χ4n) is 3.44. The van der Waals surface area contributed by atoms with Crippen molar-refractivity contribution >= 4 is 22.9 Å². The van der Waals surface area contributed by atoms with Crippen molar-refractivity contribution in [2.45, 2.75) is 13.0 Å². The first-order valence-electron chi connectivity index (χ1n) is 9.01. The quantitative estimate of drug-likeness (QED) is 0.753. The van der Waals surface area contributed by atoms with Crippen molar-refractivity contribution in [1.82, 2.24) is 29.5 Å². The number of benzene rings is 1. The predicted octanol–water partition coefficient (Wildman–Crippen LogP) is 2.20. The zero-order valence-electron chi connectivity index (χ0n) is 15.8. The van der Waals surface area contributed by atoms with E-state index in [0.717, 1.165) is 35.1 Å². The average Bonchev–Trinajstić information content (AvgIpc) is 3.07. The molecule has 1 saturated heterocycles. The SMILES string of the molecule is CC1CN(C)CCN1C(=O)Nc1ncc2ccc(-c3cnn(C)c3)cc2n1. The number of hydrogen-bond donors (Lipinski definition) is 1. The first kappa shape index (κ1) is 17.4. The third kappa shape index (κ3) is 3.61. The van der Waals surface area contributed by atoms with Gasteiger partial charge in [0.2, 0.25) is 5.95 Å². The summed E-state index contributed by atoms with van der Waals surface area (Å²) >= 11 is 0. The summed E-state index contributed by atoms with van der Waals surface area (Å²) in [6, 6.07) is 5.99. The molecule has 140 valence electrons. The van der Waals surface area contributed by atoms with Crippen LogP contribution in [0.1, 0.15) is 6.92 Å². The van der Waals surface area contributed by atoms with Crippen LogP contribution in [0.25, 0.3) is 22.0 Å². The molecule has 0 aliphatic carbocycles. The van der Waals surface area contributed by atoms with Crippen molar-refractivity contribution in [3.05, 3.63) is 36.8 Å². The highest BCUT2D eigenvalue weighted by Gasteiger charge is 2.26. The number of fused-ring (bicyclic) bond motifs is 1. The van der Waals surface area contributed by atoms with Gasteiger partial charge in [-0.25, -0.2) is 14.8 Å². The lowest BCUT2D eigenvalue weighted by atomic mass is 10.1. The normalized spacial score (nSPS) is 18.0. The summed E-state index contributed by atoms with van der Waals surface area (Å²) in [5.74, 6) is 0.321. The highest BCUT2D eigenvalue weighted by Crippen LogP contribution is 2.23. The minimum Gasteiger partial charge on any atom is -0.319 e. The molecule has 4 rings (SSSR count). The van der Waals surface area contributed by atoms with E-state index in [1.165, 1.54) is 0 Å². The Hall–Kier alpha value is -3.00. The molecule has 0 saturated carbocycles.